The first kappa shape index (κ1) is 14.3. The molecule has 1 fully saturated rings. The molecule has 0 radical (unpaired) electrons. The lowest BCUT2D eigenvalue weighted by molar-refractivity contribution is 0.00297. The number of nitrogens with one attached hydrogen (secondary N) is 1. The number of nitrogens with zero attached hydrogens (tertiary/aromatic N) is 2. The highest BCUT2D eigenvalue weighted by atomic mass is 79.9. The summed E-state index contributed by atoms with van der Waals surface area (Å²) in [5, 5.41) is 7.42. The number of aromatic nitrogens is 2. The van der Waals surface area contributed by atoms with Crippen molar-refractivity contribution in [1.82, 2.24) is 9.78 Å². The topological polar surface area (TPSA) is 56.1 Å². The minimum atomic E-state index is -0.148. The van der Waals surface area contributed by atoms with E-state index in [2.05, 4.69) is 32.9 Å². The van der Waals surface area contributed by atoms with Crippen molar-refractivity contribution in [3.63, 3.8) is 0 Å². The van der Waals surface area contributed by atoms with E-state index in [0.29, 0.717) is 23.2 Å². The van der Waals surface area contributed by atoms with Gasteiger partial charge < -0.3 is 10.1 Å². The van der Waals surface area contributed by atoms with Gasteiger partial charge in [-0.05, 0) is 35.7 Å². The maximum Gasteiger partial charge on any atom is 0.283 e. The van der Waals surface area contributed by atoms with E-state index >= 15 is 0 Å². The molecule has 1 aliphatic rings. The fraction of sp³-hybridized carbons (Fsp3) is 0.538. The molecule has 1 aliphatic carbocycles. The van der Waals surface area contributed by atoms with Crippen LogP contribution in [0, 0.1) is 0 Å². The molecule has 0 spiro atoms. The largest absolute Gasteiger partial charge is 0.380 e. The highest BCUT2D eigenvalue weighted by molar-refractivity contribution is 9.10. The molecule has 0 aliphatic heterocycles. The standard InChI is InChI=1S/C13H18BrN3O2/c1-3-5-17-13(18)12(14)11(8-15-17)16-9-6-10(7-9)19-4-2/h3,8-10,16H,1,4-7H2,2H3. The Balaban J connectivity index is 2.00. The van der Waals surface area contributed by atoms with Crippen LogP contribution >= 0.6 is 15.9 Å². The Labute approximate surface area is 120 Å². The Morgan fingerprint density at radius 3 is 3.05 bits per heavy atom. The van der Waals surface area contributed by atoms with E-state index in [9.17, 15) is 4.79 Å². The van der Waals surface area contributed by atoms with Crippen molar-refractivity contribution in [3.8, 4) is 0 Å². The fourth-order valence-electron chi connectivity index (χ4n) is 2.09. The molecule has 0 atom stereocenters. The fourth-order valence-corrected chi connectivity index (χ4v) is 2.51. The monoisotopic (exact) mass is 327 g/mol. The van der Waals surface area contributed by atoms with Gasteiger partial charge in [-0.3, -0.25) is 4.79 Å². The summed E-state index contributed by atoms with van der Waals surface area (Å²) in [4.78, 5) is 12.0. The highest BCUT2D eigenvalue weighted by Crippen LogP contribution is 2.28. The van der Waals surface area contributed by atoms with Crippen molar-refractivity contribution < 1.29 is 4.74 Å². The summed E-state index contributed by atoms with van der Waals surface area (Å²) in [6, 6.07) is 0.351. The second-order valence-electron chi connectivity index (χ2n) is 4.54. The first-order chi connectivity index (χ1) is 9.15. The molecule has 2 rings (SSSR count). The molecule has 1 N–H and O–H groups in total. The third-order valence-electron chi connectivity index (χ3n) is 3.14. The van der Waals surface area contributed by atoms with Crippen LogP contribution in [0.2, 0.25) is 0 Å². The number of halogens is 1. The molecule has 0 amide bonds. The summed E-state index contributed by atoms with van der Waals surface area (Å²) in [5.74, 6) is 0. The summed E-state index contributed by atoms with van der Waals surface area (Å²) < 4.78 is 7.39. The van der Waals surface area contributed by atoms with Gasteiger partial charge in [0, 0.05) is 12.6 Å². The summed E-state index contributed by atoms with van der Waals surface area (Å²) in [6.07, 6.45) is 5.59. The van der Waals surface area contributed by atoms with Gasteiger partial charge in [-0.1, -0.05) is 6.08 Å². The third-order valence-corrected chi connectivity index (χ3v) is 3.91. The lowest BCUT2D eigenvalue weighted by Gasteiger charge is -2.36. The van der Waals surface area contributed by atoms with Crippen LogP contribution in [-0.4, -0.2) is 28.5 Å². The van der Waals surface area contributed by atoms with Crippen LogP contribution in [-0.2, 0) is 11.3 Å². The maximum absolute atomic E-state index is 12.0. The number of hydrogen-bond donors (Lipinski definition) is 1. The molecule has 1 aromatic heterocycles. The normalized spacial score (nSPS) is 21.8. The zero-order valence-corrected chi connectivity index (χ0v) is 12.5. The van der Waals surface area contributed by atoms with Crippen LogP contribution in [0.3, 0.4) is 0 Å². The number of ether oxygens (including phenoxy) is 1. The Morgan fingerprint density at radius 2 is 2.42 bits per heavy atom. The molecule has 0 aromatic carbocycles. The van der Waals surface area contributed by atoms with E-state index in [-0.39, 0.29) is 5.56 Å². The lowest BCUT2D eigenvalue weighted by Crippen LogP contribution is -2.41. The molecule has 19 heavy (non-hydrogen) atoms. The van der Waals surface area contributed by atoms with Crippen LogP contribution < -0.4 is 10.9 Å². The van der Waals surface area contributed by atoms with E-state index in [1.165, 1.54) is 4.68 Å². The predicted octanol–water partition coefficient (Wildman–Crippen LogP) is 2.17. The molecular weight excluding hydrogens is 310 g/mol. The molecular formula is C13H18BrN3O2. The molecule has 6 heteroatoms. The molecule has 1 heterocycles. The Morgan fingerprint density at radius 1 is 1.68 bits per heavy atom. The quantitative estimate of drug-likeness (QED) is 0.813. The van der Waals surface area contributed by atoms with Gasteiger partial charge in [0.15, 0.2) is 0 Å². The first-order valence-electron chi connectivity index (χ1n) is 6.40. The summed E-state index contributed by atoms with van der Waals surface area (Å²) in [6.45, 7) is 6.76. The number of allylic oxidation sites excluding steroid dienone is 1. The first-order valence-corrected chi connectivity index (χ1v) is 7.19. The van der Waals surface area contributed by atoms with Crippen LogP contribution in [0.4, 0.5) is 5.69 Å². The van der Waals surface area contributed by atoms with E-state index in [0.717, 1.165) is 25.1 Å². The van der Waals surface area contributed by atoms with Crippen LogP contribution in [0.5, 0.6) is 0 Å². The molecule has 0 bridgehead atoms. The summed E-state index contributed by atoms with van der Waals surface area (Å²) in [7, 11) is 0. The number of rotatable bonds is 6. The Hall–Kier alpha value is -1.14. The van der Waals surface area contributed by atoms with Gasteiger partial charge in [0.2, 0.25) is 0 Å². The van der Waals surface area contributed by atoms with E-state index in [4.69, 9.17) is 4.74 Å². The van der Waals surface area contributed by atoms with Gasteiger partial charge in [0.25, 0.3) is 5.56 Å². The molecule has 104 valence electrons. The summed E-state index contributed by atoms with van der Waals surface area (Å²) >= 11 is 3.33. The number of hydrogen-bond acceptors (Lipinski definition) is 4. The highest BCUT2D eigenvalue weighted by Gasteiger charge is 2.30. The van der Waals surface area contributed by atoms with Crippen molar-refractivity contribution in [3.05, 3.63) is 33.7 Å². The Bertz CT molecular complexity index is 509. The van der Waals surface area contributed by atoms with Crippen molar-refractivity contribution in [2.24, 2.45) is 0 Å². The minimum Gasteiger partial charge on any atom is -0.380 e. The zero-order valence-electron chi connectivity index (χ0n) is 10.9. The van der Waals surface area contributed by atoms with Gasteiger partial charge in [0.05, 0.1) is 24.5 Å². The molecule has 1 aromatic rings. The average molecular weight is 328 g/mol. The molecule has 5 nitrogen and oxygen atoms in total. The van der Waals surface area contributed by atoms with Gasteiger partial charge in [-0.25, -0.2) is 4.68 Å². The van der Waals surface area contributed by atoms with Crippen LogP contribution in [0.25, 0.3) is 0 Å². The van der Waals surface area contributed by atoms with Crippen molar-refractivity contribution in [2.45, 2.75) is 38.5 Å². The van der Waals surface area contributed by atoms with Gasteiger partial charge in [-0.15, -0.1) is 6.58 Å². The predicted molar refractivity (Wildman–Crippen MR) is 78.5 cm³/mol. The van der Waals surface area contributed by atoms with E-state index < -0.39 is 0 Å². The van der Waals surface area contributed by atoms with Crippen molar-refractivity contribution >= 4 is 21.6 Å². The van der Waals surface area contributed by atoms with E-state index in [1.54, 1.807) is 12.3 Å². The second kappa shape index (κ2) is 6.34. The minimum absolute atomic E-state index is 0.148. The molecule has 0 saturated heterocycles. The third kappa shape index (κ3) is 3.25. The number of anilines is 1. The van der Waals surface area contributed by atoms with Gasteiger partial charge in [-0.2, -0.15) is 5.10 Å². The zero-order chi connectivity index (χ0) is 13.8. The average Bonchev–Trinajstić information content (AvgIpc) is 2.35. The lowest BCUT2D eigenvalue weighted by atomic mass is 9.89. The summed E-state index contributed by atoms with van der Waals surface area (Å²) in [5.41, 5.74) is 0.593. The molecule has 0 unspecified atom stereocenters. The van der Waals surface area contributed by atoms with Gasteiger partial charge in [0.1, 0.15) is 4.47 Å². The second-order valence-corrected chi connectivity index (χ2v) is 5.33. The smallest absolute Gasteiger partial charge is 0.283 e. The SMILES string of the molecule is C=CCn1ncc(NC2CC(OCC)C2)c(Br)c1=O. The van der Waals surface area contributed by atoms with Gasteiger partial charge >= 0.3 is 0 Å². The van der Waals surface area contributed by atoms with Crippen molar-refractivity contribution in [1.29, 1.82) is 0 Å². The Kier molecular flexibility index (Phi) is 4.76. The van der Waals surface area contributed by atoms with E-state index in [1.807, 2.05) is 6.92 Å². The van der Waals surface area contributed by atoms with Crippen LogP contribution in [0.15, 0.2) is 28.1 Å². The van der Waals surface area contributed by atoms with Crippen LogP contribution in [0.1, 0.15) is 19.8 Å². The maximum atomic E-state index is 12.0. The molecule has 1 saturated carbocycles. The van der Waals surface area contributed by atoms with Crippen molar-refractivity contribution in [2.75, 3.05) is 11.9 Å².